The van der Waals surface area contributed by atoms with E-state index in [2.05, 4.69) is 4.99 Å². The summed E-state index contributed by atoms with van der Waals surface area (Å²) in [6.45, 7) is 0. The van der Waals surface area contributed by atoms with Gasteiger partial charge in [-0.3, -0.25) is 4.99 Å². The number of methoxy groups -OCH3 is 2. The van der Waals surface area contributed by atoms with E-state index in [1.807, 2.05) is 30.3 Å². The maximum Gasteiger partial charge on any atom is 0.184 e. The number of hydrogen-bond acceptors (Lipinski definition) is 3. The molecule has 0 aromatic heterocycles. The van der Waals surface area contributed by atoms with Crippen LogP contribution in [0.15, 0.2) is 35.3 Å². The molecule has 2 rings (SSSR count). The lowest BCUT2D eigenvalue weighted by atomic mass is 10.1. The van der Waals surface area contributed by atoms with Crippen molar-refractivity contribution >= 4 is 5.71 Å². The van der Waals surface area contributed by atoms with Crippen LogP contribution in [0.1, 0.15) is 5.56 Å². The van der Waals surface area contributed by atoms with E-state index in [0.717, 1.165) is 11.3 Å². The highest BCUT2D eigenvalue weighted by molar-refractivity contribution is 6.13. The molecule has 0 bridgehead atoms. The second-order valence-corrected chi connectivity index (χ2v) is 3.16. The van der Waals surface area contributed by atoms with Crippen molar-refractivity contribution in [2.75, 3.05) is 14.2 Å². The topological polar surface area (TPSA) is 30.8 Å². The zero-order valence-electron chi connectivity index (χ0n) is 8.31. The monoisotopic (exact) mass is 191 g/mol. The van der Waals surface area contributed by atoms with Crippen molar-refractivity contribution in [2.45, 2.75) is 12.3 Å². The normalized spacial score (nSPS) is 19.6. The van der Waals surface area contributed by atoms with Crippen LogP contribution in [0.25, 0.3) is 0 Å². The number of rotatable bonds is 4. The van der Waals surface area contributed by atoms with Crippen molar-refractivity contribution in [2.24, 2.45) is 4.99 Å². The van der Waals surface area contributed by atoms with Gasteiger partial charge in [-0.15, -0.1) is 0 Å². The first-order chi connectivity index (χ1) is 6.86. The summed E-state index contributed by atoms with van der Waals surface area (Å²) in [7, 11) is 3.26. The quantitative estimate of drug-likeness (QED) is 0.675. The molecule has 14 heavy (non-hydrogen) atoms. The first-order valence-corrected chi connectivity index (χ1v) is 4.55. The van der Waals surface area contributed by atoms with E-state index in [-0.39, 0.29) is 12.3 Å². The number of benzene rings is 1. The fourth-order valence-corrected chi connectivity index (χ4v) is 1.51. The minimum Gasteiger partial charge on any atom is -0.353 e. The standard InChI is InChI=1S/C11H13NO2/c1-13-11(14-2)10-9(12-10)8-6-4-3-5-7-8/h3-7,10-11H,1-2H3. The van der Waals surface area contributed by atoms with E-state index in [0.29, 0.717) is 0 Å². The molecule has 1 atom stereocenters. The van der Waals surface area contributed by atoms with E-state index in [1.165, 1.54) is 0 Å². The van der Waals surface area contributed by atoms with E-state index < -0.39 is 0 Å². The molecule has 3 nitrogen and oxygen atoms in total. The largest absolute Gasteiger partial charge is 0.353 e. The predicted molar refractivity (Wildman–Crippen MR) is 54.6 cm³/mol. The second-order valence-electron chi connectivity index (χ2n) is 3.16. The summed E-state index contributed by atoms with van der Waals surface area (Å²) < 4.78 is 10.3. The van der Waals surface area contributed by atoms with Crippen LogP contribution in [0, 0.1) is 0 Å². The third kappa shape index (κ3) is 1.69. The Hall–Kier alpha value is -1.19. The van der Waals surface area contributed by atoms with Crippen LogP contribution in [0.2, 0.25) is 0 Å². The first kappa shape index (κ1) is 9.37. The van der Waals surface area contributed by atoms with E-state index in [1.54, 1.807) is 14.2 Å². The number of hydrogen-bond donors (Lipinski definition) is 0. The van der Waals surface area contributed by atoms with Crippen LogP contribution in [-0.2, 0) is 9.47 Å². The Morgan fingerprint density at radius 2 is 1.79 bits per heavy atom. The average molecular weight is 191 g/mol. The number of ether oxygens (including phenoxy) is 2. The Labute approximate surface area is 83.4 Å². The third-order valence-electron chi connectivity index (χ3n) is 2.28. The fraction of sp³-hybridized carbons (Fsp3) is 0.364. The van der Waals surface area contributed by atoms with Crippen LogP contribution < -0.4 is 0 Å². The molecule has 0 N–H and O–H groups in total. The Balaban J connectivity index is 2.02. The highest BCUT2D eigenvalue weighted by Crippen LogP contribution is 2.24. The predicted octanol–water partition coefficient (Wildman–Crippen LogP) is 1.48. The van der Waals surface area contributed by atoms with Gasteiger partial charge in [0.1, 0.15) is 6.04 Å². The lowest BCUT2D eigenvalue weighted by Crippen LogP contribution is -2.24. The molecule has 74 valence electrons. The molecular weight excluding hydrogens is 178 g/mol. The lowest BCUT2D eigenvalue weighted by Gasteiger charge is -2.10. The Kier molecular flexibility index (Phi) is 2.61. The van der Waals surface area contributed by atoms with Crippen molar-refractivity contribution in [3.05, 3.63) is 35.9 Å². The molecule has 3 heteroatoms. The molecule has 0 amide bonds. The van der Waals surface area contributed by atoms with Gasteiger partial charge in [-0.05, 0) is 5.56 Å². The molecule has 1 aromatic carbocycles. The maximum atomic E-state index is 5.14. The summed E-state index contributed by atoms with van der Waals surface area (Å²) in [5.74, 6) is 0. The zero-order valence-corrected chi connectivity index (χ0v) is 8.31. The van der Waals surface area contributed by atoms with Crippen molar-refractivity contribution in [3.63, 3.8) is 0 Å². The number of nitrogens with zero attached hydrogens (tertiary/aromatic N) is 1. The van der Waals surface area contributed by atoms with Crippen LogP contribution >= 0.6 is 0 Å². The first-order valence-electron chi connectivity index (χ1n) is 4.55. The molecule has 0 saturated heterocycles. The molecule has 1 aliphatic heterocycles. The van der Waals surface area contributed by atoms with Crippen LogP contribution in [0.5, 0.6) is 0 Å². The fourth-order valence-electron chi connectivity index (χ4n) is 1.51. The summed E-state index contributed by atoms with van der Waals surface area (Å²) in [6.07, 6.45) is -0.245. The van der Waals surface area contributed by atoms with Crippen LogP contribution in [-0.4, -0.2) is 32.3 Å². The zero-order chi connectivity index (χ0) is 9.97. The number of aliphatic imine (C=N–C) groups is 1. The lowest BCUT2D eigenvalue weighted by molar-refractivity contribution is -0.0982. The van der Waals surface area contributed by atoms with Gasteiger partial charge >= 0.3 is 0 Å². The molecule has 1 heterocycles. The average Bonchev–Trinajstić information content (AvgIpc) is 3.01. The second kappa shape index (κ2) is 3.90. The Bertz CT molecular complexity index is 330. The molecular formula is C11H13NO2. The van der Waals surface area contributed by atoms with Gasteiger partial charge < -0.3 is 9.47 Å². The van der Waals surface area contributed by atoms with Crippen molar-refractivity contribution in [1.29, 1.82) is 0 Å². The molecule has 0 aliphatic carbocycles. The molecule has 1 aliphatic rings. The Morgan fingerprint density at radius 3 is 2.36 bits per heavy atom. The molecule has 0 spiro atoms. The maximum absolute atomic E-state index is 5.14. The minimum absolute atomic E-state index is 0.0763. The van der Waals surface area contributed by atoms with Gasteiger partial charge in [0.15, 0.2) is 6.29 Å². The van der Waals surface area contributed by atoms with Gasteiger partial charge in [0.05, 0.1) is 5.71 Å². The third-order valence-corrected chi connectivity index (χ3v) is 2.28. The van der Waals surface area contributed by atoms with Crippen molar-refractivity contribution in [3.8, 4) is 0 Å². The van der Waals surface area contributed by atoms with Gasteiger partial charge in [-0.25, -0.2) is 0 Å². The van der Waals surface area contributed by atoms with Crippen LogP contribution in [0.4, 0.5) is 0 Å². The summed E-state index contributed by atoms with van der Waals surface area (Å²) in [5, 5.41) is 0. The smallest absolute Gasteiger partial charge is 0.184 e. The molecule has 1 aromatic rings. The highest BCUT2D eigenvalue weighted by Gasteiger charge is 2.36. The highest BCUT2D eigenvalue weighted by atomic mass is 16.7. The minimum atomic E-state index is -0.245. The summed E-state index contributed by atoms with van der Waals surface area (Å²) in [6, 6.07) is 10.2. The van der Waals surface area contributed by atoms with Crippen molar-refractivity contribution in [1.82, 2.24) is 0 Å². The molecule has 1 unspecified atom stereocenters. The van der Waals surface area contributed by atoms with Gasteiger partial charge in [0, 0.05) is 14.2 Å². The van der Waals surface area contributed by atoms with Crippen LogP contribution in [0.3, 0.4) is 0 Å². The Morgan fingerprint density at radius 1 is 1.14 bits per heavy atom. The SMILES string of the molecule is COC(OC)C1N=C1c1ccccc1. The molecule has 0 radical (unpaired) electrons. The van der Waals surface area contributed by atoms with Gasteiger partial charge in [-0.2, -0.15) is 0 Å². The molecule has 0 saturated carbocycles. The summed E-state index contributed by atoms with van der Waals surface area (Å²) in [5.41, 5.74) is 2.22. The summed E-state index contributed by atoms with van der Waals surface area (Å²) >= 11 is 0. The van der Waals surface area contributed by atoms with Gasteiger partial charge in [0.2, 0.25) is 0 Å². The molecule has 0 fully saturated rings. The summed E-state index contributed by atoms with van der Waals surface area (Å²) in [4.78, 5) is 4.33. The van der Waals surface area contributed by atoms with Gasteiger partial charge in [0.25, 0.3) is 0 Å². The van der Waals surface area contributed by atoms with E-state index in [9.17, 15) is 0 Å². The van der Waals surface area contributed by atoms with Crippen molar-refractivity contribution < 1.29 is 9.47 Å². The van der Waals surface area contributed by atoms with E-state index in [4.69, 9.17) is 9.47 Å². The van der Waals surface area contributed by atoms with Gasteiger partial charge in [-0.1, -0.05) is 30.3 Å². The van der Waals surface area contributed by atoms with E-state index >= 15 is 0 Å².